The van der Waals surface area contributed by atoms with Crippen LogP contribution in [0.5, 0.6) is 0 Å². The Labute approximate surface area is 124 Å². The Hall–Kier alpha value is -2.24. The van der Waals surface area contributed by atoms with Crippen LogP contribution in [-0.4, -0.2) is 32.6 Å². The zero-order valence-electron chi connectivity index (χ0n) is 12.6. The first-order chi connectivity index (χ1) is 10.2. The quantitative estimate of drug-likeness (QED) is 0.764. The van der Waals surface area contributed by atoms with Gasteiger partial charge < -0.3 is 4.74 Å². The van der Waals surface area contributed by atoms with Crippen molar-refractivity contribution in [3.8, 4) is 11.4 Å². The van der Waals surface area contributed by atoms with E-state index in [0.717, 1.165) is 12.8 Å². The molecule has 2 aromatic rings. The maximum Gasteiger partial charge on any atom is 0.361 e. The lowest BCUT2D eigenvalue weighted by atomic mass is 10.1. The van der Waals surface area contributed by atoms with Gasteiger partial charge in [-0.25, -0.2) is 9.48 Å². The van der Waals surface area contributed by atoms with Crippen molar-refractivity contribution < 1.29 is 9.53 Å². The van der Waals surface area contributed by atoms with Crippen LogP contribution < -0.4 is 0 Å². The monoisotopic (exact) mass is 288 g/mol. The van der Waals surface area contributed by atoms with Crippen LogP contribution >= 0.6 is 0 Å². The van der Waals surface area contributed by atoms with Crippen LogP contribution in [0.1, 0.15) is 50.1 Å². The zero-order chi connectivity index (χ0) is 15.2. The summed E-state index contributed by atoms with van der Waals surface area (Å²) in [5, 5.41) is 8.19. The molecule has 0 unspecified atom stereocenters. The lowest BCUT2D eigenvalue weighted by Crippen LogP contribution is -2.12. The number of hydrogen-bond acceptors (Lipinski definition) is 5. The van der Waals surface area contributed by atoms with Crippen molar-refractivity contribution in [2.75, 3.05) is 6.61 Å². The Kier molecular flexibility index (Phi) is 5.03. The highest BCUT2D eigenvalue weighted by atomic mass is 16.5. The molecular formula is C15H20N4O2. The van der Waals surface area contributed by atoms with Gasteiger partial charge in [-0.3, -0.25) is 4.98 Å². The van der Waals surface area contributed by atoms with E-state index in [9.17, 15) is 4.79 Å². The summed E-state index contributed by atoms with van der Waals surface area (Å²) >= 11 is 0. The summed E-state index contributed by atoms with van der Waals surface area (Å²) in [7, 11) is 0. The normalized spacial score (nSPS) is 10.9. The van der Waals surface area contributed by atoms with E-state index in [1.165, 1.54) is 0 Å². The van der Waals surface area contributed by atoms with Crippen molar-refractivity contribution in [2.45, 2.75) is 39.7 Å². The number of carbonyl (C=O) groups is 1. The molecule has 0 radical (unpaired) electrons. The molecule has 112 valence electrons. The van der Waals surface area contributed by atoms with Crippen LogP contribution in [0.25, 0.3) is 11.4 Å². The minimum Gasteiger partial charge on any atom is -0.461 e. The second-order valence-electron chi connectivity index (χ2n) is 4.64. The third kappa shape index (κ3) is 3.09. The number of rotatable bonds is 6. The highest BCUT2D eigenvalue weighted by Gasteiger charge is 2.25. The lowest BCUT2D eigenvalue weighted by molar-refractivity contribution is 0.0520. The van der Waals surface area contributed by atoms with Crippen LogP contribution in [0.15, 0.2) is 24.4 Å². The summed E-state index contributed by atoms with van der Waals surface area (Å²) in [6.45, 7) is 6.24. The van der Waals surface area contributed by atoms with E-state index in [4.69, 9.17) is 4.74 Å². The molecule has 0 spiro atoms. The fourth-order valence-corrected chi connectivity index (χ4v) is 2.26. The molecule has 2 heterocycles. The molecule has 0 saturated heterocycles. The molecule has 0 atom stereocenters. The summed E-state index contributed by atoms with van der Waals surface area (Å²) in [5.74, 6) is -0.463. The molecule has 0 aliphatic carbocycles. The highest BCUT2D eigenvalue weighted by molar-refractivity contribution is 5.93. The summed E-state index contributed by atoms with van der Waals surface area (Å²) in [6.07, 6.45) is 3.50. The molecule has 0 aliphatic rings. The predicted octanol–water partition coefficient (Wildman–Crippen LogP) is 2.88. The average molecular weight is 288 g/mol. The fraction of sp³-hybridized carbons (Fsp3) is 0.467. The predicted molar refractivity (Wildman–Crippen MR) is 78.8 cm³/mol. The van der Waals surface area contributed by atoms with Gasteiger partial charge in [0, 0.05) is 6.20 Å². The number of ether oxygens (including phenoxy) is 1. The standard InChI is InChI=1S/C15H20N4O2/c1-4-11(5-2)19-14(12-9-7-8-10-16-12)13(17-18-19)15(20)21-6-3/h7-11H,4-6H2,1-3H3. The van der Waals surface area contributed by atoms with Gasteiger partial charge >= 0.3 is 5.97 Å². The Morgan fingerprint density at radius 1 is 1.29 bits per heavy atom. The van der Waals surface area contributed by atoms with Gasteiger partial charge in [-0.05, 0) is 31.9 Å². The topological polar surface area (TPSA) is 69.9 Å². The first-order valence-corrected chi connectivity index (χ1v) is 7.26. The van der Waals surface area contributed by atoms with Crippen molar-refractivity contribution in [2.24, 2.45) is 0 Å². The van der Waals surface area contributed by atoms with Gasteiger partial charge in [-0.15, -0.1) is 5.10 Å². The van der Waals surface area contributed by atoms with Crippen molar-refractivity contribution in [1.29, 1.82) is 0 Å². The number of hydrogen-bond donors (Lipinski definition) is 0. The van der Waals surface area contributed by atoms with Gasteiger partial charge in [0.1, 0.15) is 5.69 Å². The van der Waals surface area contributed by atoms with Crippen LogP contribution in [0.4, 0.5) is 0 Å². The minimum atomic E-state index is -0.463. The molecule has 6 nitrogen and oxygen atoms in total. The Morgan fingerprint density at radius 3 is 2.62 bits per heavy atom. The molecule has 0 N–H and O–H groups in total. The van der Waals surface area contributed by atoms with E-state index in [2.05, 4.69) is 29.1 Å². The SMILES string of the molecule is CCOC(=O)c1nnn(C(CC)CC)c1-c1ccccn1. The van der Waals surface area contributed by atoms with Crippen molar-refractivity contribution in [3.05, 3.63) is 30.1 Å². The summed E-state index contributed by atoms with van der Waals surface area (Å²) < 4.78 is 6.85. The Bertz CT molecular complexity index is 591. The van der Waals surface area contributed by atoms with Gasteiger partial charge in [0.05, 0.1) is 18.3 Å². The van der Waals surface area contributed by atoms with E-state index in [0.29, 0.717) is 18.0 Å². The number of carbonyl (C=O) groups excluding carboxylic acids is 1. The average Bonchev–Trinajstić information content (AvgIpc) is 2.94. The first-order valence-electron chi connectivity index (χ1n) is 7.26. The van der Waals surface area contributed by atoms with E-state index >= 15 is 0 Å². The molecule has 6 heteroatoms. The largest absolute Gasteiger partial charge is 0.461 e. The van der Waals surface area contributed by atoms with Gasteiger partial charge in [-0.1, -0.05) is 25.1 Å². The van der Waals surface area contributed by atoms with E-state index in [1.807, 2.05) is 18.2 Å². The minimum absolute atomic E-state index is 0.178. The third-order valence-electron chi connectivity index (χ3n) is 3.36. The second kappa shape index (κ2) is 6.97. The first kappa shape index (κ1) is 15.2. The van der Waals surface area contributed by atoms with E-state index < -0.39 is 5.97 Å². The van der Waals surface area contributed by atoms with Crippen LogP contribution in [0, 0.1) is 0 Å². The number of nitrogens with zero attached hydrogens (tertiary/aromatic N) is 4. The lowest BCUT2D eigenvalue weighted by Gasteiger charge is -2.15. The number of esters is 1. The third-order valence-corrected chi connectivity index (χ3v) is 3.36. The summed E-state index contributed by atoms with van der Waals surface area (Å²) in [6, 6.07) is 5.73. The van der Waals surface area contributed by atoms with E-state index in [1.54, 1.807) is 17.8 Å². The molecular weight excluding hydrogens is 268 g/mol. The molecule has 21 heavy (non-hydrogen) atoms. The van der Waals surface area contributed by atoms with Crippen LogP contribution in [0.3, 0.4) is 0 Å². The smallest absolute Gasteiger partial charge is 0.361 e. The van der Waals surface area contributed by atoms with Crippen molar-refractivity contribution in [3.63, 3.8) is 0 Å². The van der Waals surface area contributed by atoms with Gasteiger partial charge in [-0.2, -0.15) is 0 Å². The Balaban J connectivity index is 2.55. The van der Waals surface area contributed by atoms with Gasteiger partial charge in [0.25, 0.3) is 0 Å². The summed E-state index contributed by atoms with van der Waals surface area (Å²) in [5.41, 5.74) is 1.53. The van der Waals surface area contributed by atoms with Crippen LogP contribution in [0.2, 0.25) is 0 Å². The number of pyridine rings is 1. The van der Waals surface area contributed by atoms with Gasteiger partial charge in [0.15, 0.2) is 5.69 Å². The molecule has 0 aromatic carbocycles. The fourth-order valence-electron chi connectivity index (χ4n) is 2.26. The molecule has 0 bridgehead atoms. The van der Waals surface area contributed by atoms with Crippen LogP contribution in [-0.2, 0) is 4.74 Å². The Morgan fingerprint density at radius 2 is 2.05 bits per heavy atom. The molecule has 0 fully saturated rings. The maximum atomic E-state index is 12.1. The summed E-state index contributed by atoms with van der Waals surface area (Å²) in [4.78, 5) is 16.4. The van der Waals surface area contributed by atoms with E-state index in [-0.39, 0.29) is 11.7 Å². The zero-order valence-corrected chi connectivity index (χ0v) is 12.6. The molecule has 2 aromatic heterocycles. The number of aromatic nitrogens is 4. The van der Waals surface area contributed by atoms with Crippen molar-refractivity contribution in [1.82, 2.24) is 20.0 Å². The highest BCUT2D eigenvalue weighted by Crippen LogP contribution is 2.26. The maximum absolute atomic E-state index is 12.1. The molecule has 2 rings (SSSR count). The second-order valence-corrected chi connectivity index (χ2v) is 4.64. The van der Waals surface area contributed by atoms with Crippen molar-refractivity contribution >= 4 is 5.97 Å². The molecule has 0 aliphatic heterocycles. The molecule has 0 amide bonds. The molecule has 0 saturated carbocycles. The van der Waals surface area contributed by atoms with Gasteiger partial charge in [0.2, 0.25) is 0 Å².